The van der Waals surface area contributed by atoms with E-state index in [9.17, 15) is 25.2 Å². The molecule has 0 aliphatic carbocycles. The lowest BCUT2D eigenvalue weighted by molar-refractivity contribution is -0.377. The van der Waals surface area contributed by atoms with Gasteiger partial charge in [0.1, 0.15) is 6.26 Å². The van der Waals surface area contributed by atoms with E-state index in [0.29, 0.717) is 6.26 Å². The maximum Gasteiger partial charge on any atom is 0.351 e. The van der Waals surface area contributed by atoms with Gasteiger partial charge in [0.25, 0.3) is 0 Å². The summed E-state index contributed by atoms with van der Waals surface area (Å²) in [6.07, 6.45) is -1.85. The maximum absolute atomic E-state index is 11.1. The molecule has 0 aromatic heterocycles. The van der Waals surface area contributed by atoms with Gasteiger partial charge in [0, 0.05) is 0 Å². The number of aliphatic carboxylic acids is 1. The number of hydrogen-bond donors (Lipinski definition) is 5. The molecule has 0 aromatic rings. The maximum atomic E-state index is 11.1. The van der Waals surface area contributed by atoms with Crippen molar-refractivity contribution in [2.24, 2.45) is 5.41 Å². The molecular weight excluding hydrogens is 220 g/mol. The van der Waals surface area contributed by atoms with Crippen molar-refractivity contribution >= 4 is 5.97 Å². The molecule has 5 N–H and O–H groups in total. The van der Waals surface area contributed by atoms with Gasteiger partial charge < -0.3 is 30.3 Å². The normalized spacial score (nSPS) is 32.5. The van der Waals surface area contributed by atoms with Crippen molar-refractivity contribution in [1.29, 1.82) is 0 Å². The molecule has 1 rings (SSSR count). The van der Waals surface area contributed by atoms with Crippen LogP contribution >= 0.6 is 0 Å². The SMILES string of the molecule is C=C(C)C1(C(=O)O)C(O)=COC(O)(O)C1O. The molecule has 7 nitrogen and oxygen atoms in total. The average Bonchev–Trinajstić information content (AvgIpc) is 2.12. The quantitative estimate of drug-likeness (QED) is 0.307. The van der Waals surface area contributed by atoms with Crippen molar-refractivity contribution < 1.29 is 35.1 Å². The standard InChI is InChI=1S/C9H12O7/c1-4(2)8(7(12)13)5(10)3-16-9(14,15)6(8)11/h3,6,10-11,14-15H,1H2,2H3,(H,12,13). The van der Waals surface area contributed by atoms with Crippen molar-refractivity contribution in [1.82, 2.24) is 0 Å². The van der Waals surface area contributed by atoms with Gasteiger partial charge in [-0.3, -0.25) is 4.79 Å². The van der Waals surface area contributed by atoms with Gasteiger partial charge in [0.15, 0.2) is 17.3 Å². The molecule has 1 aliphatic rings. The Bertz CT molecular complexity index is 354. The third-order valence-corrected chi connectivity index (χ3v) is 2.52. The molecule has 0 radical (unpaired) electrons. The lowest BCUT2D eigenvalue weighted by Crippen LogP contribution is -2.60. The lowest BCUT2D eigenvalue weighted by Gasteiger charge is -2.41. The Hall–Kier alpha value is -1.57. The van der Waals surface area contributed by atoms with E-state index in [1.54, 1.807) is 0 Å². The van der Waals surface area contributed by atoms with Crippen LogP contribution < -0.4 is 0 Å². The number of carbonyl (C=O) groups is 1. The zero-order valence-corrected chi connectivity index (χ0v) is 8.41. The van der Waals surface area contributed by atoms with Crippen LogP contribution in [0.4, 0.5) is 0 Å². The van der Waals surface area contributed by atoms with Crippen molar-refractivity contribution in [2.75, 3.05) is 0 Å². The van der Waals surface area contributed by atoms with Gasteiger partial charge in [-0.05, 0) is 6.92 Å². The highest BCUT2D eigenvalue weighted by Gasteiger charge is 2.62. The molecule has 2 atom stereocenters. The van der Waals surface area contributed by atoms with Crippen LogP contribution in [0.25, 0.3) is 0 Å². The Morgan fingerprint density at radius 3 is 2.38 bits per heavy atom. The summed E-state index contributed by atoms with van der Waals surface area (Å²) in [5, 5.41) is 46.5. The predicted octanol–water partition coefficient (Wildman–Crippen LogP) is -0.938. The van der Waals surface area contributed by atoms with Gasteiger partial charge in [-0.15, -0.1) is 0 Å². The van der Waals surface area contributed by atoms with E-state index in [2.05, 4.69) is 11.3 Å². The summed E-state index contributed by atoms with van der Waals surface area (Å²) in [4.78, 5) is 11.1. The summed E-state index contributed by atoms with van der Waals surface area (Å²) in [7, 11) is 0. The Labute approximate surface area is 90.5 Å². The largest absolute Gasteiger partial charge is 0.507 e. The number of carboxylic acids is 1. The first kappa shape index (κ1) is 12.5. The third kappa shape index (κ3) is 1.37. The first-order valence-electron chi connectivity index (χ1n) is 4.27. The fourth-order valence-electron chi connectivity index (χ4n) is 1.58. The summed E-state index contributed by atoms with van der Waals surface area (Å²) in [6.45, 7) is 4.54. The highest BCUT2D eigenvalue weighted by Crippen LogP contribution is 2.44. The molecule has 0 saturated heterocycles. The molecule has 1 heterocycles. The van der Waals surface area contributed by atoms with E-state index in [4.69, 9.17) is 5.11 Å². The molecule has 0 spiro atoms. The molecule has 0 bridgehead atoms. The number of hydrogen-bond acceptors (Lipinski definition) is 6. The van der Waals surface area contributed by atoms with E-state index >= 15 is 0 Å². The van der Waals surface area contributed by atoms with Crippen molar-refractivity contribution in [3.63, 3.8) is 0 Å². The third-order valence-electron chi connectivity index (χ3n) is 2.52. The summed E-state index contributed by atoms with van der Waals surface area (Å²) < 4.78 is 4.19. The van der Waals surface area contributed by atoms with Crippen LogP contribution in [-0.4, -0.2) is 43.6 Å². The van der Waals surface area contributed by atoms with Crippen LogP contribution in [0.15, 0.2) is 24.2 Å². The average molecular weight is 232 g/mol. The van der Waals surface area contributed by atoms with Crippen molar-refractivity contribution in [2.45, 2.75) is 19.0 Å². The predicted molar refractivity (Wildman–Crippen MR) is 49.9 cm³/mol. The zero-order valence-electron chi connectivity index (χ0n) is 8.41. The summed E-state index contributed by atoms with van der Waals surface area (Å²) in [6, 6.07) is 0. The van der Waals surface area contributed by atoms with E-state index in [0.717, 1.165) is 0 Å². The minimum Gasteiger partial charge on any atom is -0.507 e. The van der Waals surface area contributed by atoms with Gasteiger partial charge in [-0.25, -0.2) is 0 Å². The van der Waals surface area contributed by atoms with Gasteiger partial charge >= 0.3 is 11.9 Å². The molecule has 0 amide bonds. The van der Waals surface area contributed by atoms with E-state index in [1.807, 2.05) is 0 Å². The Morgan fingerprint density at radius 2 is 2.06 bits per heavy atom. The monoisotopic (exact) mass is 232 g/mol. The minimum absolute atomic E-state index is 0.169. The number of aliphatic hydroxyl groups excluding tert-OH is 2. The molecule has 16 heavy (non-hydrogen) atoms. The minimum atomic E-state index is -3.11. The summed E-state index contributed by atoms with van der Waals surface area (Å²) >= 11 is 0. The van der Waals surface area contributed by atoms with E-state index < -0.39 is 29.2 Å². The van der Waals surface area contributed by atoms with Crippen molar-refractivity contribution in [3.05, 3.63) is 24.2 Å². The van der Waals surface area contributed by atoms with Crippen LogP contribution in [-0.2, 0) is 9.53 Å². The number of aliphatic hydroxyl groups is 4. The molecule has 90 valence electrons. The van der Waals surface area contributed by atoms with Crippen LogP contribution in [0, 0.1) is 5.41 Å². The zero-order chi connectivity index (χ0) is 12.7. The smallest absolute Gasteiger partial charge is 0.351 e. The molecule has 1 aliphatic heterocycles. The van der Waals surface area contributed by atoms with Crippen LogP contribution in [0.1, 0.15) is 6.92 Å². The second kappa shape index (κ2) is 3.48. The molecule has 0 fully saturated rings. The van der Waals surface area contributed by atoms with Gasteiger partial charge in [-0.1, -0.05) is 12.2 Å². The van der Waals surface area contributed by atoms with Crippen LogP contribution in [0.3, 0.4) is 0 Å². The number of rotatable bonds is 2. The Kier molecular flexibility index (Phi) is 2.72. The van der Waals surface area contributed by atoms with Gasteiger partial charge in [0.05, 0.1) is 0 Å². The highest BCUT2D eigenvalue weighted by atomic mass is 16.8. The van der Waals surface area contributed by atoms with Crippen LogP contribution in [0.2, 0.25) is 0 Å². The summed E-state index contributed by atoms with van der Waals surface area (Å²) in [5.41, 5.74) is -2.57. The van der Waals surface area contributed by atoms with Crippen molar-refractivity contribution in [3.8, 4) is 0 Å². The molecule has 2 unspecified atom stereocenters. The van der Waals surface area contributed by atoms with E-state index in [1.165, 1.54) is 6.92 Å². The molecule has 0 aromatic carbocycles. The topological polar surface area (TPSA) is 127 Å². The molecular formula is C9H12O7. The van der Waals surface area contributed by atoms with E-state index in [-0.39, 0.29) is 5.57 Å². The second-order valence-corrected chi connectivity index (χ2v) is 3.58. The van der Waals surface area contributed by atoms with Crippen LogP contribution in [0.5, 0.6) is 0 Å². The first-order valence-corrected chi connectivity index (χ1v) is 4.27. The Balaban J connectivity index is 3.46. The fraction of sp³-hybridized carbons (Fsp3) is 0.444. The van der Waals surface area contributed by atoms with Gasteiger partial charge in [-0.2, -0.15) is 0 Å². The number of carboxylic acid groups (broad SMARTS) is 1. The molecule has 0 saturated carbocycles. The number of ether oxygens (including phenoxy) is 1. The lowest BCUT2D eigenvalue weighted by atomic mass is 9.73. The summed E-state index contributed by atoms with van der Waals surface area (Å²) in [5.74, 6) is -5.64. The first-order chi connectivity index (χ1) is 7.17. The van der Waals surface area contributed by atoms with Gasteiger partial charge in [0.2, 0.25) is 0 Å². The fourth-order valence-corrected chi connectivity index (χ4v) is 1.58. The Morgan fingerprint density at radius 1 is 1.56 bits per heavy atom. The highest BCUT2D eigenvalue weighted by molar-refractivity contribution is 5.83. The second-order valence-electron chi connectivity index (χ2n) is 3.58. The molecule has 7 heteroatoms.